The van der Waals surface area contributed by atoms with Crippen molar-refractivity contribution in [3.63, 3.8) is 0 Å². The van der Waals surface area contributed by atoms with E-state index in [9.17, 15) is 9.59 Å². The minimum atomic E-state index is -0.475. The number of nitrogens with zero attached hydrogens (tertiary/aromatic N) is 3. The van der Waals surface area contributed by atoms with Crippen LogP contribution < -0.4 is 0 Å². The summed E-state index contributed by atoms with van der Waals surface area (Å²) in [4.78, 5) is 28.7. The molecule has 2 heterocycles. The van der Waals surface area contributed by atoms with E-state index < -0.39 is 5.97 Å². The van der Waals surface area contributed by atoms with Gasteiger partial charge in [0.05, 0.1) is 29.6 Å². The van der Waals surface area contributed by atoms with Gasteiger partial charge in [0.1, 0.15) is 0 Å². The molecule has 26 heavy (non-hydrogen) atoms. The van der Waals surface area contributed by atoms with E-state index in [1.165, 1.54) is 11.3 Å². The van der Waals surface area contributed by atoms with Crippen LogP contribution in [0.5, 0.6) is 0 Å². The first-order chi connectivity index (χ1) is 12.6. The maximum absolute atomic E-state index is 12.5. The Morgan fingerprint density at radius 1 is 1.35 bits per heavy atom. The van der Waals surface area contributed by atoms with Crippen LogP contribution in [-0.2, 0) is 22.5 Å². The summed E-state index contributed by atoms with van der Waals surface area (Å²) in [5.74, 6) is -0.739. The number of hydrogen-bond donors (Lipinski definition) is 0. The molecule has 6 nitrogen and oxygen atoms in total. The molecular formula is C19H17N3O3S. The highest BCUT2D eigenvalue weighted by atomic mass is 32.1. The third kappa shape index (κ3) is 3.98. The molecule has 0 saturated carbocycles. The lowest BCUT2D eigenvalue weighted by Gasteiger charge is -2.02. The molecule has 0 fully saturated rings. The summed E-state index contributed by atoms with van der Waals surface area (Å²) in [6, 6.07) is 9.60. The molecule has 0 N–H and O–H groups in total. The van der Waals surface area contributed by atoms with Crippen molar-refractivity contribution >= 4 is 34.0 Å². The third-order valence-corrected chi connectivity index (χ3v) is 4.73. The summed E-state index contributed by atoms with van der Waals surface area (Å²) in [5.41, 5.74) is 2.03. The topological polar surface area (TPSA) is 85.0 Å². The smallest absolute Gasteiger partial charge is 0.312 e. The monoisotopic (exact) mass is 367 g/mol. The fraction of sp³-hybridized carbons (Fsp3) is 0.263. The number of fused-ring (bicyclic) bond motifs is 1. The molecule has 0 saturated heterocycles. The van der Waals surface area contributed by atoms with Gasteiger partial charge < -0.3 is 9.30 Å². The first-order valence-electron chi connectivity index (χ1n) is 8.13. The van der Waals surface area contributed by atoms with Gasteiger partial charge in [0, 0.05) is 34.6 Å². The number of carbonyl (C=O) groups is 2. The van der Waals surface area contributed by atoms with Gasteiger partial charge in [-0.05, 0) is 13.0 Å². The summed E-state index contributed by atoms with van der Waals surface area (Å²) >= 11 is 1.47. The zero-order valence-corrected chi connectivity index (χ0v) is 15.1. The maximum atomic E-state index is 12.5. The Bertz CT molecular complexity index is 997. The second-order valence-corrected chi connectivity index (χ2v) is 6.84. The van der Waals surface area contributed by atoms with Crippen molar-refractivity contribution in [3.8, 4) is 6.07 Å². The first kappa shape index (κ1) is 17.8. The highest BCUT2D eigenvalue weighted by molar-refractivity contribution is 7.09. The number of Topliss-reactive ketones (excluding diaryl/α,β-unsaturated/α-hetero) is 1. The van der Waals surface area contributed by atoms with Gasteiger partial charge in [0.2, 0.25) is 5.78 Å². The Balaban J connectivity index is 1.69. The fourth-order valence-electron chi connectivity index (χ4n) is 2.74. The van der Waals surface area contributed by atoms with Crippen LogP contribution >= 0.6 is 11.3 Å². The normalized spacial score (nSPS) is 10.6. The van der Waals surface area contributed by atoms with E-state index in [2.05, 4.69) is 11.1 Å². The van der Waals surface area contributed by atoms with Gasteiger partial charge >= 0.3 is 5.97 Å². The summed E-state index contributed by atoms with van der Waals surface area (Å²) in [7, 11) is 0. The van der Waals surface area contributed by atoms with E-state index in [0.29, 0.717) is 24.2 Å². The van der Waals surface area contributed by atoms with Crippen LogP contribution in [0.4, 0.5) is 0 Å². The molecule has 3 rings (SSSR count). The van der Waals surface area contributed by atoms with Crippen LogP contribution in [0.25, 0.3) is 10.9 Å². The number of aryl methyl sites for hydroxylation is 2. The van der Waals surface area contributed by atoms with Crippen LogP contribution in [0.3, 0.4) is 0 Å². The van der Waals surface area contributed by atoms with Gasteiger partial charge in [0.15, 0.2) is 6.61 Å². The number of ether oxygens (including phenoxy) is 1. The molecule has 0 amide bonds. The summed E-state index contributed by atoms with van der Waals surface area (Å²) < 4.78 is 7.01. The van der Waals surface area contributed by atoms with Gasteiger partial charge in [-0.3, -0.25) is 9.59 Å². The highest BCUT2D eigenvalue weighted by Gasteiger charge is 2.17. The van der Waals surface area contributed by atoms with Gasteiger partial charge in [-0.15, -0.1) is 11.3 Å². The molecule has 0 aliphatic heterocycles. The van der Waals surface area contributed by atoms with E-state index in [4.69, 9.17) is 10.00 Å². The molecule has 7 heteroatoms. The van der Waals surface area contributed by atoms with Crippen LogP contribution in [0.1, 0.15) is 27.5 Å². The van der Waals surface area contributed by atoms with Gasteiger partial charge in [-0.25, -0.2) is 4.98 Å². The minimum Gasteiger partial charge on any atom is -0.457 e. The number of rotatable bonds is 7. The van der Waals surface area contributed by atoms with Crippen LogP contribution in [-0.4, -0.2) is 27.9 Å². The Hall–Kier alpha value is -2.98. The second kappa shape index (κ2) is 7.93. The van der Waals surface area contributed by atoms with Crippen molar-refractivity contribution in [2.75, 3.05) is 6.61 Å². The van der Waals surface area contributed by atoms with Crippen molar-refractivity contribution < 1.29 is 14.3 Å². The molecule has 0 bridgehead atoms. The molecule has 3 aromatic rings. The van der Waals surface area contributed by atoms with Gasteiger partial charge in [-0.2, -0.15) is 5.26 Å². The number of benzene rings is 1. The molecule has 0 unspecified atom stereocenters. The van der Waals surface area contributed by atoms with Gasteiger partial charge in [-0.1, -0.05) is 18.2 Å². The van der Waals surface area contributed by atoms with E-state index in [1.54, 1.807) is 11.6 Å². The fourth-order valence-corrected chi connectivity index (χ4v) is 3.35. The predicted molar refractivity (Wildman–Crippen MR) is 98.0 cm³/mol. The summed E-state index contributed by atoms with van der Waals surface area (Å²) in [6.45, 7) is 2.06. The SMILES string of the molecule is Cc1nc(CC(=O)OCC(=O)c2cn(CCC#N)c3ccccc23)cs1. The standard InChI is InChI=1S/C19H17N3O3S/c1-13-21-14(12-26-13)9-19(24)25-11-18(23)16-10-22(8-4-7-20)17-6-3-2-5-15(16)17/h2-3,5-6,10,12H,4,8-9,11H2,1H3. The van der Waals surface area contributed by atoms with Crippen molar-refractivity contribution in [2.45, 2.75) is 26.3 Å². The molecule has 0 spiro atoms. The molecular weight excluding hydrogens is 350 g/mol. The largest absolute Gasteiger partial charge is 0.457 e. The third-order valence-electron chi connectivity index (χ3n) is 3.91. The molecule has 2 aromatic heterocycles. The number of hydrogen-bond acceptors (Lipinski definition) is 6. The molecule has 0 aliphatic carbocycles. The minimum absolute atomic E-state index is 0.0571. The van der Waals surface area contributed by atoms with Crippen molar-refractivity contribution in [3.05, 3.63) is 52.1 Å². The number of thiazole rings is 1. The van der Waals surface area contributed by atoms with Gasteiger partial charge in [0.25, 0.3) is 0 Å². The molecule has 0 radical (unpaired) electrons. The Morgan fingerprint density at radius 3 is 2.88 bits per heavy atom. The van der Waals surface area contributed by atoms with Crippen molar-refractivity contribution in [2.24, 2.45) is 0 Å². The maximum Gasteiger partial charge on any atom is 0.312 e. The number of esters is 1. The summed E-state index contributed by atoms with van der Waals surface area (Å²) in [5, 5.41) is 12.3. The molecule has 0 atom stereocenters. The zero-order valence-electron chi connectivity index (χ0n) is 14.3. The Morgan fingerprint density at radius 2 is 2.15 bits per heavy atom. The quantitative estimate of drug-likeness (QED) is 0.472. The van der Waals surface area contributed by atoms with E-state index >= 15 is 0 Å². The highest BCUT2D eigenvalue weighted by Crippen LogP contribution is 2.22. The van der Waals surface area contributed by atoms with Crippen molar-refractivity contribution in [1.29, 1.82) is 5.26 Å². The van der Waals surface area contributed by atoms with Crippen molar-refractivity contribution in [1.82, 2.24) is 9.55 Å². The number of carbonyl (C=O) groups excluding carboxylic acids is 2. The first-order valence-corrected chi connectivity index (χ1v) is 9.01. The number of aromatic nitrogens is 2. The molecule has 1 aromatic carbocycles. The number of nitriles is 1. The molecule has 132 valence electrons. The Kier molecular flexibility index (Phi) is 5.44. The second-order valence-electron chi connectivity index (χ2n) is 5.78. The van der Waals surface area contributed by atoms with Crippen LogP contribution in [0.15, 0.2) is 35.8 Å². The average Bonchev–Trinajstić information content (AvgIpc) is 3.21. The Labute approximate surface area is 154 Å². The average molecular weight is 367 g/mol. The zero-order chi connectivity index (χ0) is 18.5. The lowest BCUT2D eigenvalue weighted by Crippen LogP contribution is -2.15. The molecule has 0 aliphatic rings. The van der Waals surface area contributed by atoms with Crippen LogP contribution in [0.2, 0.25) is 0 Å². The lowest BCUT2D eigenvalue weighted by molar-refractivity contribution is -0.141. The van der Waals surface area contributed by atoms with E-state index in [-0.39, 0.29) is 18.8 Å². The number of ketones is 1. The number of para-hydroxylation sites is 1. The predicted octanol–water partition coefficient (Wildman–Crippen LogP) is 3.29. The van der Waals surface area contributed by atoms with Crippen LogP contribution in [0, 0.1) is 18.3 Å². The van der Waals surface area contributed by atoms with E-state index in [1.807, 2.05) is 35.8 Å². The summed E-state index contributed by atoms with van der Waals surface area (Å²) in [6.07, 6.45) is 2.14. The van der Waals surface area contributed by atoms with E-state index in [0.717, 1.165) is 15.9 Å². The lowest BCUT2D eigenvalue weighted by atomic mass is 10.1.